The van der Waals surface area contributed by atoms with Gasteiger partial charge >= 0.3 is 5.69 Å². The van der Waals surface area contributed by atoms with Crippen LogP contribution in [0.5, 0.6) is 5.75 Å². The van der Waals surface area contributed by atoms with Crippen molar-refractivity contribution in [3.05, 3.63) is 81.5 Å². The molecule has 2 aromatic carbocycles. The molecule has 0 atom stereocenters. The lowest BCUT2D eigenvalue weighted by atomic mass is 10.1. The Balaban J connectivity index is 1.71. The zero-order valence-corrected chi connectivity index (χ0v) is 14.8. The zero-order valence-electron chi connectivity index (χ0n) is 13.9. The highest BCUT2D eigenvalue weighted by molar-refractivity contribution is 7.15. The minimum absolute atomic E-state index is 0.168. The highest BCUT2D eigenvalue weighted by Gasteiger charge is 2.21. The summed E-state index contributed by atoms with van der Waals surface area (Å²) in [6.07, 6.45) is 2.44. The van der Waals surface area contributed by atoms with Crippen LogP contribution >= 0.6 is 11.3 Å². The van der Waals surface area contributed by atoms with Gasteiger partial charge in [0.2, 0.25) is 0 Å². The smallest absolute Gasteiger partial charge is 0.311 e. The van der Waals surface area contributed by atoms with E-state index in [1.165, 1.54) is 17.4 Å². The molecule has 4 aromatic rings. The predicted molar refractivity (Wildman–Crippen MR) is 101 cm³/mol. The zero-order chi connectivity index (χ0) is 18.8. The molecule has 0 spiro atoms. The number of aromatic nitrogens is 2. The van der Waals surface area contributed by atoms with Crippen LogP contribution in [0, 0.1) is 10.1 Å². The number of aldehydes is 1. The van der Waals surface area contributed by atoms with E-state index in [9.17, 15) is 14.9 Å². The SMILES string of the molecule is O=Cc1c(-c2ccc(OCc3ccccc3)c([N+](=O)[O-])c2)nc2sccn12. The van der Waals surface area contributed by atoms with E-state index in [0.717, 1.165) is 5.56 Å². The maximum atomic E-state index is 11.5. The highest BCUT2D eigenvalue weighted by Crippen LogP contribution is 2.34. The molecule has 0 aliphatic heterocycles. The molecule has 8 heteroatoms. The molecule has 0 aliphatic carbocycles. The van der Waals surface area contributed by atoms with Crippen molar-refractivity contribution >= 4 is 28.3 Å². The van der Waals surface area contributed by atoms with Crippen LogP contribution in [-0.2, 0) is 6.61 Å². The molecule has 0 aliphatic rings. The van der Waals surface area contributed by atoms with E-state index in [-0.39, 0.29) is 18.0 Å². The maximum absolute atomic E-state index is 11.5. The molecule has 0 bridgehead atoms. The number of carbonyl (C=O) groups is 1. The summed E-state index contributed by atoms with van der Waals surface area (Å²) in [5.41, 5.74) is 2.00. The number of nitrogens with zero attached hydrogens (tertiary/aromatic N) is 3. The van der Waals surface area contributed by atoms with Crippen molar-refractivity contribution in [3.8, 4) is 17.0 Å². The summed E-state index contributed by atoms with van der Waals surface area (Å²) in [4.78, 5) is 27.6. The lowest BCUT2D eigenvalue weighted by Gasteiger charge is -2.08. The molecule has 0 saturated carbocycles. The van der Waals surface area contributed by atoms with Crippen LogP contribution in [0.25, 0.3) is 16.2 Å². The van der Waals surface area contributed by atoms with E-state index < -0.39 is 4.92 Å². The monoisotopic (exact) mass is 379 g/mol. The summed E-state index contributed by atoms with van der Waals surface area (Å²) < 4.78 is 7.31. The van der Waals surface area contributed by atoms with Crippen molar-refractivity contribution < 1.29 is 14.5 Å². The third-order valence-corrected chi connectivity index (χ3v) is 4.83. The van der Waals surface area contributed by atoms with Gasteiger partial charge in [0.1, 0.15) is 18.0 Å². The molecule has 0 radical (unpaired) electrons. The summed E-state index contributed by atoms with van der Waals surface area (Å²) in [6.45, 7) is 0.223. The molecular weight excluding hydrogens is 366 g/mol. The first-order chi connectivity index (χ1) is 13.2. The fraction of sp³-hybridized carbons (Fsp3) is 0.0526. The Kier molecular flexibility index (Phi) is 4.39. The average Bonchev–Trinajstić information content (AvgIpc) is 3.28. The van der Waals surface area contributed by atoms with Crippen LogP contribution in [0.15, 0.2) is 60.1 Å². The van der Waals surface area contributed by atoms with Crippen LogP contribution in [0.3, 0.4) is 0 Å². The van der Waals surface area contributed by atoms with E-state index >= 15 is 0 Å². The predicted octanol–water partition coefficient (Wildman–Crippen LogP) is 4.36. The van der Waals surface area contributed by atoms with Crippen molar-refractivity contribution in [3.63, 3.8) is 0 Å². The Morgan fingerprint density at radius 2 is 2.04 bits per heavy atom. The van der Waals surface area contributed by atoms with E-state index in [4.69, 9.17) is 4.74 Å². The van der Waals surface area contributed by atoms with Gasteiger partial charge in [0.15, 0.2) is 17.0 Å². The second kappa shape index (κ2) is 7.00. The summed E-state index contributed by atoms with van der Waals surface area (Å²) in [6, 6.07) is 14.0. The molecule has 7 nitrogen and oxygen atoms in total. The van der Waals surface area contributed by atoms with Gasteiger partial charge in [0.25, 0.3) is 0 Å². The van der Waals surface area contributed by atoms with Crippen molar-refractivity contribution in [2.75, 3.05) is 0 Å². The summed E-state index contributed by atoms with van der Waals surface area (Å²) in [5.74, 6) is 0.168. The number of hydrogen-bond acceptors (Lipinski definition) is 6. The number of carbonyl (C=O) groups excluding carboxylic acids is 1. The molecule has 0 amide bonds. The first kappa shape index (κ1) is 16.9. The number of ether oxygens (including phenoxy) is 1. The summed E-state index contributed by atoms with van der Waals surface area (Å²) >= 11 is 1.39. The van der Waals surface area contributed by atoms with Crippen LogP contribution in [0.1, 0.15) is 16.1 Å². The van der Waals surface area contributed by atoms with Gasteiger partial charge in [0.05, 0.1) is 4.92 Å². The van der Waals surface area contributed by atoms with Gasteiger partial charge in [-0.1, -0.05) is 30.3 Å². The van der Waals surface area contributed by atoms with Crippen LogP contribution < -0.4 is 4.74 Å². The number of imidazole rings is 1. The number of nitro groups is 1. The largest absolute Gasteiger partial charge is 0.482 e. The minimum atomic E-state index is -0.497. The van der Waals surface area contributed by atoms with E-state index in [1.807, 2.05) is 35.7 Å². The van der Waals surface area contributed by atoms with Gasteiger partial charge in [-0.25, -0.2) is 4.98 Å². The Morgan fingerprint density at radius 1 is 1.22 bits per heavy atom. The number of nitro benzene ring substituents is 1. The Labute approximate surface area is 157 Å². The van der Waals surface area contributed by atoms with E-state index in [0.29, 0.717) is 28.2 Å². The Bertz CT molecular complexity index is 1130. The van der Waals surface area contributed by atoms with E-state index in [2.05, 4.69) is 4.98 Å². The van der Waals surface area contributed by atoms with Crippen molar-refractivity contribution in [1.82, 2.24) is 9.38 Å². The first-order valence-corrected chi connectivity index (χ1v) is 8.91. The molecule has 2 aromatic heterocycles. The third kappa shape index (κ3) is 3.18. The van der Waals surface area contributed by atoms with Gasteiger partial charge in [-0.2, -0.15) is 0 Å². The van der Waals surface area contributed by atoms with E-state index in [1.54, 1.807) is 22.7 Å². The molecular formula is C19H13N3O4S. The van der Waals surface area contributed by atoms with Gasteiger partial charge in [-0.3, -0.25) is 19.3 Å². The number of rotatable bonds is 6. The lowest BCUT2D eigenvalue weighted by molar-refractivity contribution is -0.385. The number of fused-ring (bicyclic) bond motifs is 1. The molecule has 27 heavy (non-hydrogen) atoms. The quantitative estimate of drug-likeness (QED) is 0.282. The molecule has 0 unspecified atom stereocenters. The fourth-order valence-electron chi connectivity index (χ4n) is 2.79. The number of benzene rings is 2. The second-order valence-electron chi connectivity index (χ2n) is 5.73. The van der Waals surface area contributed by atoms with Crippen molar-refractivity contribution in [2.45, 2.75) is 6.61 Å². The Hall–Kier alpha value is -3.52. The molecule has 134 valence electrons. The summed E-state index contributed by atoms with van der Waals surface area (Å²) in [7, 11) is 0. The Morgan fingerprint density at radius 3 is 2.78 bits per heavy atom. The molecule has 4 rings (SSSR count). The first-order valence-electron chi connectivity index (χ1n) is 8.03. The van der Waals surface area contributed by atoms with Gasteiger partial charge in [-0.05, 0) is 17.7 Å². The highest BCUT2D eigenvalue weighted by atomic mass is 32.1. The normalized spacial score (nSPS) is 10.8. The van der Waals surface area contributed by atoms with Crippen molar-refractivity contribution in [2.24, 2.45) is 0 Å². The van der Waals surface area contributed by atoms with Crippen molar-refractivity contribution in [1.29, 1.82) is 0 Å². The number of hydrogen-bond donors (Lipinski definition) is 0. The standard InChI is InChI=1S/C19H13N3O4S/c23-11-16-18(20-19-21(16)8-9-27-19)14-6-7-17(15(10-14)22(24)25)26-12-13-4-2-1-3-5-13/h1-11H,12H2. The molecule has 0 N–H and O–H groups in total. The van der Waals surface area contributed by atoms with Crippen LogP contribution in [0.4, 0.5) is 5.69 Å². The number of thiazole rings is 1. The topological polar surface area (TPSA) is 86.7 Å². The maximum Gasteiger partial charge on any atom is 0.311 e. The lowest BCUT2D eigenvalue weighted by Crippen LogP contribution is -2.00. The summed E-state index contributed by atoms with van der Waals surface area (Å²) in [5, 5.41) is 13.3. The van der Waals surface area contributed by atoms with Gasteiger partial charge < -0.3 is 4.74 Å². The minimum Gasteiger partial charge on any atom is -0.482 e. The van der Waals surface area contributed by atoms with Crippen LogP contribution in [-0.4, -0.2) is 20.6 Å². The second-order valence-corrected chi connectivity index (χ2v) is 6.61. The molecule has 0 saturated heterocycles. The average molecular weight is 379 g/mol. The molecule has 2 heterocycles. The molecule has 0 fully saturated rings. The fourth-order valence-corrected chi connectivity index (χ4v) is 3.51. The van der Waals surface area contributed by atoms with Gasteiger partial charge in [-0.15, -0.1) is 11.3 Å². The van der Waals surface area contributed by atoms with Crippen LogP contribution in [0.2, 0.25) is 0 Å². The third-order valence-electron chi connectivity index (χ3n) is 4.08. The van der Waals surface area contributed by atoms with Gasteiger partial charge in [0, 0.05) is 23.2 Å².